The number of carbonyl (C=O) groups is 1. The van der Waals surface area contributed by atoms with Gasteiger partial charge in [-0.15, -0.1) is 0 Å². The second kappa shape index (κ2) is 9.18. The molecule has 0 radical (unpaired) electrons. The predicted octanol–water partition coefficient (Wildman–Crippen LogP) is 2.78. The molecule has 1 atom stereocenters. The molecule has 2 aliphatic rings. The summed E-state index contributed by atoms with van der Waals surface area (Å²) in [5.41, 5.74) is 0.904. The van der Waals surface area contributed by atoms with Crippen LogP contribution in [0.1, 0.15) is 57.1 Å². The fraction of sp³-hybridized carbons (Fsp3) is 0.682. The first kappa shape index (κ1) is 20.3. The lowest BCUT2D eigenvalue weighted by atomic mass is 9.78. The molecule has 5 heteroatoms. The highest BCUT2D eigenvalue weighted by Gasteiger charge is 2.42. The van der Waals surface area contributed by atoms with Crippen LogP contribution < -0.4 is 16.0 Å². The summed E-state index contributed by atoms with van der Waals surface area (Å²) >= 11 is 0. The molecule has 0 aromatic heterocycles. The molecular formula is C22H35N3O2. The van der Waals surface area contributed by atoms with Crippen LogP contribution in [0.5, 0.6) is 0 Å². The van der Waals surface area contributed by atoms with E-state index in [-0.39, 0.29) is 22.9 Å². The molecule has 1 saturated heterocycles. The van der Waals surface area contributed by atoms with Crippen molar-refractivity contribution in [2.75, 3.05) is 33.4 Å². The molecule has 2 fully saturated rings. The van der Waals surface area contributed by atoms with Crippen LogP contribution in [-0.4, -0.2) is 44.8 Å². The van der Waals surface area contributed by atoms with E-state index in [1.54, 1.807) is 7.11 Å². The van der Waals surface area contributed by atoms with Crippen LogP contribution in [-0.2, 0) is 9.53 Å². The number of amides is 1. The number of piperidine rings is 1. The molecule has 150 valence electrons. The molecule has 0 spiro atoms. The van der Waals surface area contributed by atoms with E-state index in [2.05, 4.69) is 53.2 Å². The van der Waals surface area contributed by atoms with Crippen molar-refractivity contribution in [3.8, 4) is 0 Å². The van der Waals surface area contributed by atoms with Crippen LogP contribution in [0.2, 0.25) is 0 Å². The Bertz CT molecular complexity index is 587. The summed E-state index contributed by atoms with van der Waals surface area (Å²) in [4.78, 5) is 13.1. The number of methoxy groups -OCH3 is 1. The Morgan fingerprint density at radius 2 is 1.81 bits per heavy atom. The lowest BCUT2D eigenvalue weighted by Crippen LogP contribution is -2.56. The second-order valence-electron chi connectivity index (χ2n) is 8.41. The average molecular weight is 374 g/mol. The maximum Gasteiger partial charge on any atom is 0.228 e. The van der Waals surface area contributed by atoms with E-state index >= 15 is 0 Å². The van der Waals surface area contributed by atoms with E-state index in [0.29, 0.717) is 13.2 Å². The van der Waals surface area contributed by atoms with Gasteiger partial charge in [-0.1, -0.05) is 43.2 Å². The Balaban J connectivity index is 1.64. The van der Waals surface area contributed by atoms with Gasteiger partial charge in [-0.3, -0.25) is 4.79 Å². The first-order valence-electron chi connectivity index (χ1n) is 10.4. The first-order chi connectivity index (χ1) is 13.1. The maximum absolute atomic E-state index is 13.1. The number of nitrogens with one attached hydrogen (secondary N) is 3. The van der Waals surface area contributed by atoms with Crippen molar-refractivity contribution >= 4 is 5.91 Å². The molecule has 1 amide bonds. The molecular weight excluding hydrogens is 338 g/mol. The SMILES string of the molecule is COCC1(C(=O)NCC2(NC(C)c3ccccc3)CCCC2)CCNCC1. The van der Waals surface area contributed by atoms with Gasteiger partial charge in [-0.05, 0) is 51.3 Å². The molecule has 3 rings (SSSR count). The number of hydrogen-bond acceptors (Lipinski definition) is 4. The van der Waals surface area contributed by atoms with Gasteiger partial charge in [0.05, 0.1) is 12.0 Å². The molecule has 1 unspecified atom stereocenters. The Labute approximate surface area is 163 Å². The number of hydrogen-bond donors (Lipinski definition) is 3. The zero-order valence-electron chi connectivity index (χ0n) is 16.9. The molecule has 1 saturated carbocycles. The van der Waals surface area contributed by atoms with Crippen LogP contribution in [0.15, 0.2) is 30.3 Å². The predicted molar refractivity (Wildman–Crippen MR) is 109 cm³/mol. The molecule has 1 aliphatic heterocycles. The van der Waals surface area contributed by atoms with Crippen LogP contribution >= 0.6 is 0 Å². The molecule has 27 heavy (non-hydrogen) atoms. The highest BCUT2D eigenvalue weighted by molar-refractivity contribution is 5.83. The fourth-order valence-corrected chi connectivity index (χ4v) is 4.76. The minimum absolute atomic E-state index is 0.00784. The van der Waals surface area contributed by atoms with E-state index in [9.17, 15) is 4.79 Å². The summed E-state index contributed by atoms with van der Waals surface area (Å²) < 4.78 is 5.42. The third-order valence-corrected chi connectivity index (χ3v) is 6.43. The summed E-state index contributed by atoms with van der Waals surface area (Å²) in [5.74, 6) is 0.159. The van der Waals surface area contributed by atoms with Crippen molar-refractivity contribution in [1.29, 1.82) is 0 Å². The van der Waals surface area contributed by atoms with Crippen LogP contribution in [0.25, 0.3) is 0 Å². The van der Waals surface area contributed by atoms with Crippen molar-refractivity contribution in [3.05, 3.63) is 35.9 Å². The summed E-state index contributed by atoms with van der Waals surface area (Å²) in [6.45, 7) is 5.18. The van der Waals surface area contributed by atoms with E-state index < -0.39 is 0 Å². The summed E-state index contributed by atoms with van der Waals surface area (Å²) in [5, 5.41) is 10.5. The van der Waals surface area contributed by atoms with Gasteiger partial charge in [0.15, 0.2) is 0 Å². The fourth-order valence-electron chi connectivity index (χ4n) is 4.76. The normalized spacial score (nSPS) is 22.3. The quantitative estimate of drug-likeness (QED) is 0.656. The van der Waals surface area contributed by atoms with E-state index in [1.165, 1.54) is 18.4 Å². The summed E-state index contributed by atoms with van der Waals surface area (Å²) in [6, 6.07) is 10.8. The second-order valence-corrected chi connectivity index (χ2v) is 8.41. The summed E-state index contributed by atoms with van der Waals surface area (Å²) in [7, 11) is 1.69. The molecule has 1 aliphatic carbocycles. The largest absolute Gasteiger partial charge is 0.384 e. The number of benzene rings is 1. The minimum atomic E-state index is -0.384. The number of carbonyl (C=O) groups excluding carboxylic acids is 1. The molecule has 1 aromatic rings. The van der Waals surface area contributed by atoms with Crippen molar-refractivity contribution in [1.82, 2.24) is 16.0 Å². The number of rotatable bonds is 8. The van der Waals surface area contributed by atoms with Gasteiger partial charge in [0.25, 0.3) is 0 Å². The highest BCUT2D eigenvalue weighted by Crippen LogP contribution is 2.33. The molecule has 3 N–H and O–H groups in total. The van der Waals surface area contributed by atoms with Gasteiger partial charge >= 0.3 is 0 Å². The third kappa shape index (κ3) is 4.89. The molecule has 0 bridgehead atoms. The Kier molecular flexibility index (Phi) is 6.90. The zero-order chi connectivity index (χ0) is 19.2. The lowest BCUT2D eigenvalue weighted by molar-refractivity contribution is -0.136. The van der Waals surface area contributed by atoms with E-state index in [1.807, 2.05) is 0 Å². The van der Waals surface area contributed by atoms with Gasteiger partial charge in [0.2, 0.25) is 5.91 Å². The van der Waals surface area contributed by atoms with Crippen LogP contribution in [0.4, 0.5) is 0 Å². The van der Waals surface area contributed by atoms with Crippen molar-refractivity contribution in [3.63, 3.8) is 0 Å². The van der Waals surface area contributed by atoms with Gasteiger partial charge in [-0.2, -0.15) is 0 Å². The Morgan fingerprint density at radius 1 is 1.15 bits per heavy atom. The standard InChI is InChI=1S/C22H35N3O2/c1-18(19-8-4-3-5-9-19)25-22(10-6-7-11-22)16-24-20(26)21(17-27-2)12-14-23-15-13-21/h3-5,8-9,18,23,25H,6-7,10-17H2,1-2H3,(H,24,26). The van der Waals surface area contributed by atoms with Gasteiger partial charge in [0, 0.05) is 25.2 Å². The monoisotopic (exact) mass is 373 g/mol. The highest BCUT2D eigenvalue weighted by atomic mass is 16.5. The lowest BCUT2D eigenvalue weighted by Gasteiger charge is -2.38. The van der Waals surface area contributed by atoms with Crippen molar-refractivity contribution < 1.29 is 9.53 Å². The molecule has 1 heterocycles. The Hall–Kier alpha value is -1.43. The van der Waals surface area contributed by atoms with Crippen molar-refractivity contribution in [2.45, 2.75) is 57.0 Å². The minimum Gasteiger partial charge on any atom is -0.384 e. The smallest absolute Gasteiger partial charge is 0.228 e. The number of ether oxygens (including phenoxy) is 1. The van der Waals surface area contributed by atoms with E-state index in [0.717, 1.165) is 38.8 Å². The maximum atomic E-state index is 13.1. The molecule has 5 nitrogen and oxygen atoms in total. The third-order valence-electron chi connectivity index (χ3n) is 6.43. The Morgan fingerprint density at radius 3 is 2.44 bits per heavy atom. The van der Waals surface area contributed by atoms with Gasteiger partial charge in [0.1, 0.15) is 0 Å². The zero-order valence-corrected chi connectivity index (χ0v) is 16.9. The summed E-state index contributed by atoms with van der Waals surface area (Å²) in [6.07, 6.45) is 6.35. The van der Waals surface area contributed by atoms with Gasteiger partial charge in [-0.25, -0.2) is 0 Å². The van der Waals surface area contributed by atoms with E-state index in [4.69, 9.17) is 4.74 Å². The average Bonchev–Trinajstić information content (AvgIpc) is 3.16. The van der Waals surface area contributed by atoms with Crippen LogP contribution in [0, 0.1) is 5.41 Å². The van der Waals surface area contributed by atoms with Gasteiger partial charge < -0.3 is 20.7 Å². The van der Waals surface area contributed by atoms with Crippen molar-refractivity contribution in [2.24, 2.45) is 5.41 Å². The first-order valence-corrected chi connectivity index (χ1v) is 10.4. The molecule has 1 aromatic carbocycles. The topological polar surface area (TPSA) is 62.4 Å². The van der Waals surface area contributed by atoms with Crippen LogP contribution in [0.3, 0.4) is 0 Å².